The molecule has 1 N–H and O–H groups in total. The van der Waals surface area contributed by atoms with Gasteiger partial charge in [-0.15, -0.1) is 0 Å². The van der Waals surface area contributed by atoms with Gasteiger partial charge >= 0.3 is 0 Å². The van der Waals surface area contributed by atoms with Gasteiger partial charge in [0.1, 0.15) is 11.5 Å². The molecule has 1 saturated heterocycles. The van der Waals surface area contributed by atoms with Gasteiger partial charge in [0.15, 0.2) is 0 Å². The van der Waals surface area contributed by atoms with Gasteiger partial charge in [0.05, 0.1) is 13.7 Å². The second kappa shape index (κ2) is 10.4. The van der Waals surface area contributed by atoms with Crippen LogP contribution in [0.5, 0.6) is 11.5 Å². The van der Waals surface area contributed by atoms with Crippen molar-refractivity contribution in [2.24, 2.45) is 11.8 Å². The molecule has 5 heteroatoms. The zero-order valence-electron chi connectivity index (χ0n) is 16.7. The second-order valence-corrected chi connectivity index (χ2v) is 7.53. The summed E-state index contributed by atoms with van der Waals surface area (Å²) in [7, 11) is 1.66. The SMILES string of the molecule is COc1ccc(OCCCN2CCC(C(=O)NC(C)C(C)C)CC2)cc1. The predicted octanol–water partition coefficient (Wildman–Crippen LogP) is 3.34. The van der Waals surface area contributed by atoms with Crippen molar-refractivity contribution in [2.45, 2.75) is 46.1 Å². The molecule has 1 aromatic rings. The summed E-state index contributed by atoms with van der Waals surface area (Å²) in [6.07, 6.45) is 2.90. The molecule has 0 bridgehead atoms. The highest BCUT2D eigenvalue weighted by atomic mass is 16.5. The largest absolute Gasteiger partial charge is 0.497 e. The van der Waals surface area contributed by atoms with E-state index in [2.05, 4.69) is 31.0 Å². The molecule has 26 heavy (non-hydrogen) atoms. The first-order valence-electron chi connectivity index (χ1n) is 9.79. The number of ether oxygens (including phenoxy) is 2. The minimum atomic E-state index is 0.169. The minimum absolute atomic E-state index is 0.169. The van der Waals surface area contributed by atoms with Crippen LogP contribution in [0.3, 0.4) is 0 Å². The van der Waals surface area contributed by atoms with Gasteiger partial charge in [-0.2, -0.15) is 0 Å². The van der Waals surface area contributed by atoms with Crippen LogP contribution in [0.4, 0.5) is 0 Å². The molecule has 1 amide bonds. The van der Waals surface area contributed by atoms with Crippen molar-refractivity contribution in [3.8, 4) is 11.5 Å². The van der Waals surface area contributed by atoms with E-state index >= 15 is 0 Å². The molecule has 146 valence electrons. The normalized spacial score (nSPS) is 17.1. The number of piperidine rings is 1. The third-order valence-electron chi connectivity index (χ3n) is 5.28. The van der Waals surface area contributed by atoms with Crippen LogP contribution in [0.15, 0.2) is 24.3 Å². The molecule has 5 nitrogen and oxygen atoms in total. The van der Waals surface area contributed by atoms with Crippen LogP contribution in [-0.2, 0) is 4.79 Å². The van der Waals surface area contributed by atoms with Gasteiger partial charge < -0.3 is 19.7 Å². The molecule has 1 atom stereocenters. The Hall–Kier alpha value is -1.75. The smallest absolute Gasteiger partial charge is 0.223 e. The molecular weight excluding hydrogens is 328 g/mol. The number of rotatable bonds is 9. The van der Waals surface area contributed by atoms with Crippen molar-refractivity contribution in [3.05, 3.63) is 24.3 Å². The van der Waals surface area contributed by atoms with E-state index in [0.717, 1.165) is 50.4 Å². The first-order valence-corrected chi connectivity index (χ1v) is 9.79. The van der Waals surface area contributed by atoms with Crippen molar-refractivity contribution in [1.29, 1.82) is 0 Å². The van der Waals surface area contributed by atoms with E-state index < -0.39 is 0 Å². The number of benzene rings is 1. The van der Waals surface area contributed by atoms with Crippen LogP contribution in [0, 0.1) is 11.8 Å². The summed E-state index contributed by atoms with van der Waals surface area (Å²) < 4.78 is 10.9. The summed E-state index contributed by atoms with van der Waals surface area (Å²) in [5.41, 5.74) is 0. The highest BCUT2D eigenvalue weighted by Crippen LogP contribution is 2.19. The lowest BCUT2D eigenvalue weighted by Crippen LogP contribution is -2.44. The summed E-state index contributed by atoms with van der Waals surface area (Å²) in [5.74, 6) is 2.59. The summed E-state index contributed by atoms with van der Waals surface area (Å²) >= 11 is 0. The molecule has 0 saturated carbocycles. The monoisotopic (exact) mass is 362 g/mol. The van der Waals surface area contributed by atoms with Crippen LogP contribution >= 0.6 is 0 Å². The molecular formula is C21H34N2O3. The van der Waals surface area contributed by atoms with Gasteiger partial charge in [0.2, 0.25) is 5.91 Å². The van der Waals surface area contributed by atoms with Crippen molar-refractivity contribution in [1.82, 2.24) is 10.2 Å². The summed E-state index contributed by atoms with van der Waals surface area (Å²) in [4.78, 5) is 14.8. The number of carbonyl (C=O) groups is 1. The molecule has 0 radical (unpaired) electrons. The maximum absolute atomic E-state index is 12.3. The fourth-order valence-corrected chi connectivity index (χ4v) is 3.08. The lowest BCUT2D eigenvalue weighted by atomic mass is 9.94. The van der Waals surface area contributed by atoms with E-state index in [1.165, 1.54) is 0 Å². The Balaban J connectivity index is 1.60. The zero-order valence-corrected chi connectivity index (χ0v) is 16.7. The number of nitrogens with zero attached hydrogens (tertiary/aromatic N) is 1. The maximum Gasteiger partial charge on any atom is 0.223 e. The lowest BCUT2D eigenvalue weighted by Gasteiger charge is -2.32. The molecule has 2 rings (SSSR count). The van der Waals surface area contributed by atoms with Gasteiger partial charge in [-0.3, -0.25) is 4.79 Å². The van der Waals surface area contributed by atoms with Gasteiger partial charge in [-0.05, 0) is 69.5 Å². The molecule has 0 aliphatic carbocycles. The van der Waals surface area contributed by atoms with E-state index in [-0.39, 0.29) is 17.9 Å². The standard InChI is InChI=1S/C21H34N2O3/c1-16(2)17(3)22-21(24)18-10-13-23(14-11-18)12-5-15-26-20-8-6-19(25-4)7-9-20/h6-9,16-18H,5,10-15H2,1-4H3,(H,22,24). The topological polar surface area (TPSA) is 50.8 Å². The van der Waals surface area contributed by atoms with Crippen LogP contribution in [-0.4, -0.2) is 50.2 Å². The van der Waals surface area contributed by atoms with Crippen LogP contribution in [0.2, 0.25) is 0 Å². The molecule has 1 unspecified atom stereocenters. The van der Waals surface area contributed by atoms with Crippen molar-refractivity contribution in [2.75, 3.05) is 33.4 Å². The van der Waals surface area contributed by atoms with E-state index in [4.69, 9.17) is 9.47 Å². The molecule has 0 spiro atoms. The number of methoxy groups -OCH3 is 1. The third kappa shape index (κ3) is 6.52. The summed E-state index contributed by atoms with van der Waals surface area (Å²) in [5, 5.41) is 3.16. The average Bonchev–Trinajstić information content (AvgIpc) is 2.66. The Morgan fingerprint density at radius 2 is 1.77 bits per heavy atom. The van der Waals surface area contributed by atoms with Gasteiger partial charge in [-0.1, -0.05) is 13.8 Å². The number of likely N-dealkylation sites (tertiary alicyclic amines) is 1. The van der Waals surface area contributed by atoms with Crippen LogP contribution < -0.4 is 14.8 Å². The Kier molecular flexibility index (Phi) is 8.23. The number of hydrogen-bond acceptors (Lipinski definition) is 4. The van der Waals surface area contributed by atoms with Gasteiger partial charge in [0.25, 0.3) is 0 Å². The van der Waals surface area contributed by atoms with Gasteiger partial charge in [-0.25, -0.2) is 0 Å². The maximum atomic E-state index is 12.3. The Bertz CT molecular complexity index is 537. The van der Waals surface area contributed by atoms with Crippen LogP contribution in [0.1, 0.15) is 40.0 Å². The first-order chi connectivity index (χ1) is 12.5. The molecule has 1 heterocycles. The Morgan fingerprint density at radius 1 is 1.15 bits per heavy atom. The quantitative estimate of drug-likeness (QED) is 0.685. The zero-order chi connectivity index (χ0) is 18.9. The minimum Gasteiger partial charge on any atom is -0.497 e. The van der Waals surface area contributed by atoms with E-state index in [0.29, 0.717) is 12.5 Å². The van der Waals surface area contributed by atoms with E-state index in [1.807, 2.05) is 24.3 Å². The fourth-order valence-electron chi connectivity index (χ4n) is 3.08. The highest BCUT2D eigenvalue weighted by Gasteiger charge is 2.25. The molecule has 1 aliphatic heterocycles. The summed E-state index contributed by atoms with van der Waals surface area (Å²) in [6, 6.07) is 7.93. The summed E-state index contributed by atoms with van der Waals surface area (Å²) in [6.45, 7) is 10.1. The average molecular weight is 363 g/mol. The number of carbonyl (C=O) groups excluding carboxylic acids is 1. The second-order valence-electron chi connectivity index (χ2n) is 7.53. The lowest BCUT2D eigenvalue weighted by molar-refractivity contribution is -0.127. The third-order valence-corrected chi connectivity index (χ3v) is 5.28. The van der Waals surface area contributed by atoms with Crippen molar-refractivity contribution in [3.63, 3.8) is 0 Å². The molecule has 0 aromatic heterocycles. The predicted molar refractivity (Wildman–Crippen MR) is 105 cm³/mol. The number of nitrogens with one attached hydrogen (secondary N) is 1. The molecule has 1 fully saturated rings. The van der Waals surface area contributed by atoms with Crippen molar-refractivity contribution < 1.29 is 14.3 Å². The van der Waals surface area contributed by atoms with E-state index in [9.17, 15) is 4.79 Å². The highest BCUT2D eigenvalue weighted by molar-refractivity contribution is 5.79. The number of amides is 1. The molecule has 1 aliphatic rings. The van der Waals surface area contributed by atoms with Gasteiger partial charge in [0, 0.05) is 18.5 Å². The van der Waals surface area contributed by atoms with Crippen LogP contribution in [0.25, 0.3) is 0 Å². The Labute approximate surface area is 158 Å². The Morgan fingerprint density at radius 3 is 2.35 bits per heavy atom. The molecule has 1 aromatic carbocycles. The number of hydrogen-bond donors (Lipinski definition) is 1. The fraction of sp³-hybridized carbons (Fsp3) is 0.667. The first kappa shape index (κ1) is 20.6. The van der Waals surface area contributed by atoms with Crippen molar-refractivity contribution >= 4 is 5.91 Å². The van der Waals surface area contributed by atoms with E-state index in [1.54, 1.807) is 7.11 Å².